The summed E-state index contributed by atoms with van der Waals surface area (Å²) in [6, 6.07) is 10.3. The number of rotatable bonds is 6. The van der Waals surface area contributed by atoms with E-state index in [9.17, 15) is 9.59 Å². The number of nitrogens with zero attached hydrogens (tertiary/aromatic N) is 2. The number of hydrogen-bond donors (Lipinski definition) is 0. The molecule has 4 heteroatoms. The summed E-state index contributed by atoms with van der Waals surface area (Å²) in [6.45, 7) is 4.80. The largest absolute Gasteiger partial charge is 0.341 e. The van der Waals surface area contributed by atoms with Crippen LogP contribution in [0.5, 0.6) is 0 Å². The molecule has 0 unspecified atom stereocenters. The third kappa shape index (κ3) is 4.86. The second-order valence-corrected chi connectivity index (χ2v) is 5.85. The minimum absolute atomic E-state index is 0.182. The highest BCUT2D eigenvalue weighted by atomic mass is 16.2. The zero-order chi connectivity index (χ0) is 15.8. The Kier molecular flexibility index (Phi) is 6.44. The van der Waals surface area contributed by atoms with Gasteiger partial charge in [0.2, 0.25) is 11.8 Å². The molecular weight excluding hydrogens is 276 g/mol. The Hall–Kier alpha value is -1.84. The molecule has 0 atom stereocenters. The molecule has 1 fully saturated rings. The zero-order valence-corrected chi connectivity index (χ0v) is 13.5. The van der Waals surface area contributed by atoms with E-state index in [1.165, 1.54) is 5.56 Å². The molecule has 0 bridgehead atoms. The Balaban J connectivity index is 1.76. The molecule has 1 aromatic carbocycles. The maximum atomic E-state index is 12.3. The third-order valence-electron chi connectivity index (χ3n) is 4.13. The number of carbonyl (C=O) groups excluding carboxylic acids is 2. The van der Waals surface area contributed by atoms with Gasteiger partial charge >= 0.3 is 0 Å². The molecule has 0 N–H and O–H groups in total. The molecular formula is C18H26N2O2. The smallest absolute Gasteiger partial charge is 0.224 e. The van der Waals surface area contributed by atoms with E-state index in [0.29, 0.717) is 32.5 Å². The first-order chi connectivity index (χ1) is 10.7. The molecule has 0 aliphatic carbocycles. The van der Waals surface area contributed by atoms with Crippen LogP contribution in [-0.4, -0.2) is 47.8 Å². The monoisotopic (exact) mass is 302 g/mol. The van der Waals surface area contributed by atoms with Crippen molar-refractivity contribution in [2.45, 2.75) is 39.0 Å². The lowest BCUT2D eigenvalue weighted by molar-refractivity contribution is -0.131. The van der Waals surface area contributed by atoms with Crippen LogP contribution < -0.4 is 0 Å². The standard InChI is InChI=1S/C18H26N2O2/c1-2-12-19-14-15-20(13-11-18(19)22)17(21)10-6-9-16-7-4-3-5-8-16/h3-5,7-8H,2,6,9-15H2,1H3. The van der Waals surface area contributed by atoms with Gasteiger partial charge in [-0.1, -0.05) is 37.3 Å². The topological polar surface area (TPSA) is 40.6 Å². The lowest BCUT2D eigenvalue weighted by Crippen LogP contribution is -2.36. The summed E-state index contributed by atoms with van der Waals surface area (Å²) in [5.41, 5.74) is 1.27. The first-order valence-electron chi connectivity index (χ1n) is 8.30. The Morgan fingerprint density at radius 1 is 1.14 bits per heavy atom. The second-order valence-electron chi connectivity index (χ2n) is 5.85. The molecule has 1 aromatic rings. The maximum absolute atomic E-state index is 12.3. The summed E-state index contributed by atoms with van der Waals surface area (Å²) in [5, 5.41) is 0. The summed E-state index contributed by atoms with van der Waals surface area (Å²) < 4.78 is 0. The van der Waals surface area contributed by atoms with E-state index in [0.717, 1.165) is 25.8 Å². The zero-order valence-electron chi connectivity index (χ0n) is 13.5. The highest BCUT2D eigenvalue weighted by molar-refractivity contribution is 5.80. The number of carbonyl (C=O) groups is 2. The lowest BCUT2D eigenvalue weighted by Gasteiger charge is -2.22. The molecule has 120 valence electrons. The van der Waals surface area contributed by atoms with Crippen LogP contribution in [0.4, 0.5) is 0 Å². The summed E-state index contributed by atoms with van der Waals surface area (Å²) in [7, 11) is 0. The lowest BCUT2D eigenvalue weighted by atomic mass is 10.1. The van der Waals surface area contributed by atoms with E-state index in [4.69, 9.17) is 0 Å². The average molecular weight is 302 g/mol. The molecule has 0 aromatic heterocycles. The first kappa shape index (κ1) is 16.5. The molecule has 1 heterocycles. The highest BCUT2D eigenvalue weighted by Crippen LogP contribution is 2.10. The van der Waals surface area contributed by atoms with Crippen LogP contribution in [0.15, 0.2) is 30.3 Å². The Morgan fingerprint density at radius 3 is 2.64 bits per heavy atom. The van der Waals surface area contributed by atoms with Crippen LogP contribution in [0.25, 0.3) is 0 Å². The van der Waals surface area contributed by atoms with Crippen LogP contribution in [0.1, 0.15) is 38.2 Å². The van der Waals surface area contributed by atoms with Gasteiger partial charge in [0.25, 0.3) is 0 Å². The quantitative estimate of drug-likeness (QED) is 0.810. The third-order valence-corrected chi connectivity index (χ3v) is 4.13. The number of hydrogen-bond acceptors (Lipinski definition) is 2. The van der Waals surface area contributed by atoms with E-state index >= 15 is 0 Å². The van der Waals surface area contributed by atoms with Gasteiger partial charge in [0.05, 0.1) is 0 Å². The fourth-order valence-corrected chi connectivity index (χ4v) is 2.87. The number of amides is 2. The van der Waals surface area contributed by atoms with Crippen molar-refractivity contribution >= 4 is 11.8 Å². The highest BCUT2D eigenvalue weighted by Gasteiger charge is 2.22. The Bertz CT molecular complexity index is 487. The van der Waals surface area contributed by atoms with Crippen molar-refractivity contribution in [1.29, 1.82) is 0 Å². The molecule has 2 amide bonds. The molecule has 0 spiro atoms. The molecule has 0 radical (unpaired) electrons. The SMILES string of the molecule is CCCN1CCN(C(=O)CCCc2ccccc2)CCC1=O. The first-order valence-corrected chi connectivity index (χ1v) is 8.30. The molecule has 1 aliphatic heterocycles. The van der Waals surface area contributed by atoms with Crippen LogP contribution in [-0.2, 0) is 16.0 Å². The van der Waals surface area contributed by atoms with Gasteiger partial charge in [-0.25, -0.2) is 0 Å². The molecule has 2 rings (SSSR count). The van der Waals surface area contributed by atoms with Crippen molar-refractivity contribution in [3.05, 3.63) is 35.9 Å². The minimum atomic E-state index is 0.182. The fraction of sp³-hybridized carbons (Fsp3) is 0.556. The van der Waals surface area contributed by atoms with E-state index in [-0.39, 0.29) is 11.8 Å². The van der Waals surface area contributed by atoms with E-state index in [1.54, 1.807) is 0 Å². The predicted molar refractivity (Wildman–Crippen MR) is 87.4 cm³/mol. The molecule has 1 saturated heterocycles. The van der Waals surface area contributed by atoms with Crippen LogP contribution in [0, 0.1) is 0 Å². The summed E-state index contributed by atoms with van der Waals surface area (Å²) in [6.07, 6.45) is 3.80. The van der Waals surface area contributed by atoms with Gasteiger partial charge in [-0.2, -0.15) is 0 Å². The van der Waals surface area contributed by atoms with Gasteiger partial charge < -0.3 is 9.80 Å². The van der Waals surface area contributed by atoms with Crippen LogP contribution in [0.2, 0.25) is 0 Å². The van der Waals surface area contributed by atoms with Crippen LogP contribution in [0.3, 0.4) is 0 Å². The normalized spacial score (nSPS) is 15.8. The summed E-state index contributed by atoms with van der Waals surface area (Å²) in [4.78, 5) is 28.0. The molecule has 1 aliphatic rings. The van der Waals surface area contributed by atoms with Gasteiger partial charge in [0, 0.05) is 39.0 Å². The van der Waals surface area contributed by atoms with Gasteiger partial charge in [-0.15, -0.1) is 0 Å². The fourth-order valence-electron chi connectivity index (χ4n) is 2.87. The van der Waals surface area contributed by atoms with Crippen molar-refractivity contribution in [2.75, 3.05) is 26.2 Å². The van der Waals surface area contributed by atoms with E-state index < -0.39 is 0 Å². The Labute approximate surface area is 133 Å². The number of benzene rings is 1. The predicted octanol–water partition coefficient (Wildman–Crippen LogP) is 2.48. The molecule has 22 heavy (non-hydrogen) atoms. The second kappa shape index (κ2) is 8.57. The van der Waals surface area contributed by atoms with Crippen molar-refractivity contribution in [3.63, 3.8) is 0 Å². The van der Waals surface area contributed by atoms with Crippen molar-refractivity contribution < 1.29 is 9.59 Å². The molecule has 0 saturated carbocycles. The van der Waals surface area contributed by atoms with Crippen molar-refractivity contribution in [3.8, 4) is 0 Å². The molecule has 4 nitrogen and oxygen atoms in total. The van der Waals surface area contributed by atoms with Crippen LogP contribution >= 0.6 is 0 Å². The van der Waals surface area contributed by atoms with E-state index in [1.807, 2.05) is 28.0 Å². The maximum Gasteiger partial charge on any atom is 0.224 e. The average Bonchev–Trinajstić information content (AvgIpc) is 2.71. The summed E-state index contributed by atoms with van der Waals surface area (Å²) >= 11 is 0. The number of aryl methyl sites for hydroxylation is 1. The van der Waals surface area contributed by atoms with Gasteiger partial charge in [-0.05, 0) is 24.8 Å². The van der Waals surface area contributed by atoms with Gasteiger partial charge in [-0.3, -0.25) is 9.59 Å². The van der Waals surface area contributed by atoms with Gasteiger partial charge in [0.1, 0.15) is 0 Å². The van der Waals surface area contributed by atoms with E-state index in [2.05, 4.69) is 19.1 Å². The van der Waals surface area contributed by atoms with Gasteiger partial charge in [0.15, 0.2) is 0 Å². The van der Waals surface area contributed by atoms with Crippen molar-refractivity contribution in [1.82, 2.24) is 9.80 Å². The Morgan fingerprint density at radius 2 is 1.91 bits per heavy atom. The minimum Gasteiger partial charge on any atom is -0.341 e. The summed E-state index contributed by atoms with van der Waals surface area (Å²) in [5.74, 6) is 0.364. The van der Waals surface area contributed by atoms with Crippen molar-refractivity contribution in [2.24, 2.45) is 0 Å².